The number of nitrogens with zero attached hydrogens (tertiary/aromatic N) is 3. The number of amides is 2. The first-order valence-corrected chi connectivity index (χ1v) is 17.5. The molecule has 1 saturated carbocycles. The number of methoxy groups -OCH3 is 1. The van der Waals surface area contributed by atoms with Crippen LogP contribution >= 0.6 is 34.8 Å². The number of carbonyl (C=O) groups is 2. The van der Waals surface area contributed by atoms with Gasteiger partial charge < -0.3 is 15.0 Å². The third-order valence-electron chi connectivity index (χ3n) is 8.10. The summed E-state index contributed by atoms with van der Waals surface area (Å²) in [6, 6.07) is 11.5. The van der Waals surface area contributed by atoms with Crippen LogP contribution in [0.2, 0.25) is 15.1 Å². The first-order chi connectivity index (χ1) is 22.3. The summed E-state index contributed by atoms with van der Waals surface area (Å²) in [5, 5.41) is 15.5. The molecular weight excluding hydrogens is 691 g/mol. The molecular formula is C32H35Cl3N4O7S. The zero-order valence-electron chi connectivity index (χ0n) is 26.0. The summed E-state index contributed by atoms with van der Waals surface area (Å²) >= 11 is 18.9. The molecule has 1 fully saturated rings. The SMILES string of the molecule is CC[C@H](C(=O)NC1CCCC1)N(Cc1ccc(Cl)cc1Cl)C(=O)CN(c1cc(Cl)ccc1OC)S(=O)(=O)c1ccc(C)c([N+](=O)[O-])c1. The molecule has 3 aromatic rings. The van der Waals surface area contributed by atoms with Gasteiger partial charge in [0.15, 0.2) is 0 Å². The Morgan fingerprint density at radius 3 is 2.32 bits per heavy atom. The fourth-order valence-corrected chi connectivity index (χ4v) is 7.64. The number of anilines is 1. The van der Waals surface area contributed by atoms with E-state index in [9.17, 15) is 28.1 Å². The molecule has 2 amide bonds. The van der Waals surface area contributed by atoms with E-state index in [0.717, 1.165) is 36.1 Å². The van der Waals surface area contributed by atoms with Crippen LogP contribution in [0.3, 0.4) is 0 Å². The fourth-order valence-electron chi connectivity index (χ4n) is 5.57. The summed E-state index contributed by atoms with van der Waals surface area (Å²) in [7, 11) is -3.34. The van der Waals surface area contributed by atoms with Crippen molar-refractivity contribution in [1.29, 1.82) is 0 Å². The summed E-state index contributed by atoms with van der Waals surface area (Å²) in [5.41, 5.74) is 0.246. The maximum Gasteiger partial charge on any atom is 0.273 e. The number of nitro groups is 1. The molecule has 252 valence electrons. The van der Waals surface area contributed by atoms with E-state index in [1.54, 1.807) is 19.1 Å². The van der Waals surface area contributed by atoms with Crippen molar-refractivity contribution in [3.05, 3.63) is 90.9 Å². The van der Waals surface area contributed by atoms with Gasteiger partial charge in [0.2, 0.25) is 11.8 Å². The third kappa shape index (κ3) is 8.48. The molecule has 15 heteroatoms. The van der Waals surface area contributed by atoms with Crippen molar-refractivity contribution < 1.29 is 27.7 Å². The van der Waals surface area contributed by atoms with Gasteiger partial charge in [-0.1, -0.05) is 66.7 Å². The highest BCUT2D eigenvalue weighted by atomic mass is 35.5. The van der Waals surface area contributed by atoms with Crippen LogP contribution in [-0.4, -0.2) is 55.8 Å². The molecule has 1 atom stereocenters. The quantitative estimate of drug-likeness (QED) is 0.149. The monoisotopic (exact) mass is 724 g/mol. The number of ether oxygens (including phenoxy) is 1. The second kappa shape index (κ2) is 15.5. The van der Waals surface area contributed by atoms with Gasteiger partial charge >= 0.3 is 0 Å². The highest BCUT2D eigenvalue weighted by Crippen LogP contribution is 2.36. The van der Waals surface area contributed by atoms with Gasteiger partial charge in [-0.2, -0.15) is 0 Å². The van der Waals surface area contributed by atoms with Gasteiger partial charge in [-0.15, -0.1) is 0 Å². The Labute approximate surface area is 288 Å². The molecule has 1 aliphatic rings. The molecule has 4 rings (SSSR count). The van der Waals surface area contributed by atoms with Crippen molar-refractivity contribution in [3.8, 4) is 5.75 Å². The van der Waals surface area contributed by atoms with Crippen LogP contribution < -0.4 is 14.4 Å². The highest BCUT2D eigenvalue weighted by Gasteiger charge is 2.36. The van der Waals surface area contributed by atoms with E-state index < -0.39 is 44.0 Å². The zero-order valence-corrected chi connectivity index (χ0v) is 29.1. The number of nitro benzene ring substituents is 1. The van der Waals surface area contributed by atoms with Gasteiger partial charge in [-0.25, -0.2) is 8.42 Å². The fraction of sp³-hybridized carbons (Fsp3) is 0.375. The second-order valence-corrected chi connectivity index (χ2v) is 14.3. The molecule has 11 nitrogen and oxygen atoms in total. The highest BCUT2D eigenvalue weighted by molar-refractivity contribution is 7.92. The minimum absolute atomic E-state index is 0.0300. The van der Waals surface area contributed by atoms with E-state index in [0.29, 0.717) is 10.6 Å². The van der Waals surface area contributed by atoms with Crippen LogP contribution in [0.25, 0.3) is 0 Å². The minimum Gasteiger partial charge on any atom is -0.495 e. The lowest BCUT2D eigenvalue weighted by molar-refractivity contribution is -0.385. The first-order valence-electron chi connectivity index (χ1n) is 14.9. The first kappa shape index (κ1) is 36.3. The van der Waals surface area contributed by atoms with E-state index in [1.165, 1.54) is 55.3 Å². The molecule has 0 radical (unpaired) electrons. The molecule has 0 unspecified atom stereocenters. The Bertz CT molecular complexity index is 1770. The minimum atomic E-state index is -4.66. The number of rotatable bonds is 13. The zero-order chi connectivity index (χ0) is 34.5. The number of nitrogens with one attached hydrogen (secondary N) is 1. The van der Waals surface area contributed by atoms with Crippen molar-refractivity contribution >= 4 is 68.0 Å². The largest absolute Gasteiger partial charge is 0.495 e. The molecule has 3 aromatic carbocycles. The van der Waals surface area contributed by atoms with E-state index in [-0.39, 0.29) is 52.0 Å². The number of hydrogen-bond acceptors (Lipinski definition) is 7. The Hall–Kier alpha value is -3.58. The molecule has 0 heterocycles. The van der Waals surface area contributed by atoms with Crippen molar-refractivity contribution in [3.63, 3.8) is 0 Å². The Kier molecular flexibility index (Phi) is 12.0. The van der Waals surface area contributed by atoms with Crippen molar-refractivity contribution in [2.24, 2.45) is 0 Å². The lowest BCUT2D eigenvalue weighted by atomic mass is 10.1. The van der Waals surface area contributed by atoms with Gasteiger partial charge in [-0.05, 0) is 68.1 Å². The number of halogens is 3. The van der Waals surface area contributed by atoms with E-state index in [2.05, 4.69) is 5.32 Å². The molecule has 0 bridgehead atoms. The summed E-state index contributed by atoms with van der Waals surface area (Å²) in [4.78, 5) is 40.0. The number of carbonyl (C=O) groups excluding carboxylic acids is 2. The number of hydrogen-bond donors (Lipinski definition) is 1. The topological polar surface area (TPSA) is 139 Å². The number of benzene rings is 3. The Morgan fingerprint density at radius 1 is 1.04 bits per heavy atom. The second-order valence-electron chi connectivity index (χ2n) is 11.2. The van der Waals surface area contributed by atoms with Gasteiger partial charge in [0, 0.05) is 39.3 Å². The molecule has 1 aliphatic carbocycles. The predicted molar refractivity (Wildman–Crippen MR) is 182 cm³/mol. The standard InChI is InChI=1S/C32H35Cl3N4O7S/c1-4-27(32(41)36-24-7-5-6-8-24)37(18-21-10-11-22(33)15-26(21)35)31(40)19-38(29-16-23(34)12-14-30(29)46-3)47(44,45)25-13-9-20(2)28(17-25)39(42)43/h9-17,24,27H,4-8,18-19H2,1-3H3,(H,36,41)/t27-/m1/s1. The molecule has 47 heavy (non-hydrogen) atoms. The molecule has 0 aliphatic heterocycles. The third-order valence-corrected chi connectivity index (χ3v) is 10.7. The van der Waals surface area contributed by atoms with Gasteiger partial charge in [0.25, 0.3) is 15.7 Å². The van der Waals surface area contributed by atoms with Crippen LogP contribution in [0, 0.1) is 17.0 Å². The Morgan fingerprint density at radius 2 is 1.70 bits per heavy atom. The van der Waals surface area contributed by atoms with Crippen LogP contribution in [-0.2, 0) is 26.2 Å². The maximum absolute atomic E-state index is 14.4. The lowest BCUT2D eigenvalue weighted by Crippen LogP contribution is -2.53. The smallest absolute Gasteiger partial charge is 0.273 e. The lowest BCUT2D eigenvalue weighted by Gasteiger charge is -2.34. The summed E-state index contributed by atoms with van der Waals surface area (Å²) < 4.78 is 34.9. The van der Waals surface area contributed by atoms with Gasteiger partial charge in [0.1, 0.15) is 18.3 Å². The van der Waals surface area contributed by atoms with Crippen LogP contribution in [0.4, 0.5) is 11.4 Å². The molecule has 1 N–H and O–H groups in total. The van der Waals surface area contributed by atoms with E-state index >= 15 is 0 Å². The maximum atomic E-state index is 14.4. The number of sulfonamides is 1. The van der Waals surface area contributed by atoms with E-state index in [1.807, 2.05) is 0 Å². The van der Waals surface area contributed by atoms with Gasteiger partial charge in [-0.3, -0.25) is 24.0 Å². The molecule has 0 saturated heterocycles. The van der Waals surface area contributed by atoms with Crippen LogP contribution in [0.15, 0.2) is 59.5 Å². The van der Waals surface area contributed by atoms with Crippen molar-refractivity contribution in [1.82, 2.24) is 10.2 Å². The normalized spacial score (nSPS) is 14.0. The predicted octanol–water partition coefficient (Wildman–Crippen LogP) is 6.93. The summed E-state index contributed by atoms with van der Waals surface area (Å²) in [6.45, 7) is 2.29. The summed E-state index contributed by atoms with van der Waals surface area (Å²) in [6.07, 6.45) is 3.82. The average molecular weight is 726 g/mol. The average Bonchev–Trinajstić information content (AvgIpc) is 3.53. The van der Waals surface area contributed by atoms with Gasteiger partial charge in [0.05, 0.1) is 22.6 Å². The van der Waals surface area contributed by atoms with E-state index in [4.69, 9.17) is 39.5 Å². The Balaban J connectivity index is 1.83. The van der Waals surface area contributed by atoms with Crippen molar-refractivity contribution in [2.45, 2.75) is 69.5 Å². The van der Waals surface area contributed by atoms with Crippen molar-refractivity contribution in [2.75, 3.05) is 18.0 Å². The molecule has 0 aromatic heterocycles. The van der Waals surface area contributed by atoms with Crippen LogP contribution in [0.5, 0.6) is 5.75 Å². The summed E-state index contributed by atoms with van der Waals surface area (Å²) in [5.74, 6) is -1.04. The molecule has 0 spiro atoms. The van der Waals surface area contributed by atoms with Crippen LogP contribution in [0.1, 0.15) is 50.2 Å². The number of aryl methyl sites for hydroxylation is 1.